The van der Waals surface area contributed by atoms with E-state index in [2.05, 4.69) is 10.2 Å². The van der Waals surface area contributed by atoms with Crippen molar-refractivity contribution >= 4 is 11.8 Å². The summed E-state index contributed by atoms with van der Waals surface area (Å²) in [5.41, 5.74) is 0.766. The second kappa shape index (κ2) is 7.79. The predicted molar refractivity (Wildman–Crippen MR) is 76.3 cm³/mol. The first-order valence-electron chi connectivity index (χ1n) is 7.06. The third kappa shape index (κ3) is 5.30. The smallest absolute Gasteiger partial charge is 0.411 e. The molecule has 0 bridgehead atoms. The summed E-state index contributed by atoms with van der Waals surface area (Å²) in [6.45, 7) is 3.55. The standard InChI is InChI=1S/C15H22N2O2/c18-15(16-14-8-4-3-5-9-14)19-13-12-17-10-6-1-2-7-11-17/h3-5,8-9H,1-2,6-7,10-13H2,(H,16,18). The van der Waals surface area contributed by atoms with Crippen LogP contribution in [-0.2, 0) is 4.74 Å². The van der Waals surface area contributed by atoms with Crippen LogP contribution in [0.1, 0.15) is 25.7 Å². The number of benzene rings is 1. The van der Waals surface area contributed by atoms with Gasteiger partial charge in [0, 0.05) is 12.2 Å². The lowest BCUT2D eigenvalue weighted by Gasteiger charge is -2.19. The molecule has 1 aromatic rings. The molecule has 2 rings (SSSR count). The molecule has 0 aromatic heterocycles. The lowest BCUT2D eigenvalue weighted by Crippen LogP contribution is -2.30. The van der Waals surface area contributed by atoms with Crippen LogP contribution in [0.5, 0.6) is 0 Å². The molecule has 1 fully saturated rings. The zero-order valence-electron chi connectivity index (χ0n) is 11.3. The molecule has 1 aliphatic heterocycles. The van der Waals surface area contributed by atoms with E-state index in [0.717, 1.165) is 25.3 Å². The van der Waals surface area contributed by atoms with Gasteiger partial charge in [0.25, 0.3) is 0 Å². The highest BCUT2D eigenvalue weighted by atomic mass is 16.5. The Morgan fingerprint density at radius 1 is 1.11 bits per heavy atom. The third-order valence-electron chi connectivity index (χ3n) is 3.36. The molecule has 0 unspecified atom stereocenters. The number of carbonyl (C=O) groups is 1. The Balaban J connectivity index is 1.63. The van der Waals surface area contributed by atoms with Gasteiger partial charge >= 0.3 is 6.09 Å². The highest BCUT2D eigenvalue weighted by molar-refractivity contribution is 5.84. The quantitative estimate of drug-likeness (QED) is 0.906. The Labute approximate surface area is 114 Å². The molecule has 4 heteroatoms. The van der Waals surface area contributed by atoms with Crippen LogP contribution in [0.4, 0.5) is 10.5 Å². The summed E-state index contributed by atoms with van der Waals surface area (Å²) in [5, 5.41) is 2.71. The van der Waals surface area contributed by atoms with E-state index in [0.29, 0.717) is 6.61 Å². The lowest BCUT2D eigenvalue weighted by molar-refractivity contribution is 0.140. The van der Waals surface area contributed by atoms with Crippen molar-refractivity contribution in [3.63, 3.8) is 0 Å². The Kier molecular flexibility index (Phi) is 5.69. The zero-order chi connectivity index (χ0) is 13.3. The van der Waals surface area contributed by atoms with Gasteiger partial charge in [-0.25, -0.2) is 4.79 Å². The van der Waals surface area contributed by atoms with E-state index in [-0.39, 0.29) is 6.09 Å². The molecular formula is C15H22N2O2. The van der Waals surface area contributed by atoms with Gasteiger partial charge in [-0.3, -0.25) is 10.2 Å². The number of amides is 1. The van der Waals surface area contributed by atoms with E-state index in [4.69, 9.17) is 4.74 Å². The summed E-state index contributed by atoms with van der Waals surface area (Å²) < 4.78 is 5.20. The summed E-state index contributed by atoms with van der Waals surface area (Å²) in [6.07, 6.45) is 4.80. The normalized spacial score (nSPS) is 16.6. The minimum Gasteiger partial charge on any atom is -0.448 e. The molecule has 104 valence electrons. The molecule has 1 aromatic carbocycles. The van der Waals surface area contributed by atoms with Crippen LogP contribution in [0.2, 0.25) is 0 Å². The minimum atomic E-state index is -0.374. The molecule has 4 nitrogen and oxygen atoms in total. The van der Waals surface area contributed by atoms with Gasteiger partial charge < -0.3 is 4.74 Å². The Morgan fingerprint density at radius 3 is 2.47 bits per heavy atom. The van der Waals surface area contributed by atoms with Crippen molar-refractivity contribution in [3.05, 3.63) is 30.3 Å². The fourth-order valence-corrected chi connectivity index (χ4v) is 2.30. The molecule has 1 amide bonds. The van der Waals surface area contributed by atoms with Crippen LogP contribution in [0, 0.1) is 0 Å². The van der Waals surface area contributed by atoms with Gasteiger partial charge in [0.2, 0.25) is 0 Å². The number of likely N-dealkylation sites (tertiary alicyclic amines) is 1. The van der Waals surface area contributed by atoms with E-state index >= 15 is 0 Å². The molecule has 19 heavy (non-hydrogen) atoms. The maximum absolute atomic E-state index is 11.6. The fourth-order valence-electron chi connectivity index (χ4n) is 2.30. The largest absolute Gasteiger partial charge is 0.448 e. The second-order valence-electron chi connectivity index (χ2n) is 4.88. The van der Waals surface area contributed by atoms with Crippen LogP contribution in [-0.4, -0.2) is 37.2 Å². The van der Waals surface area contributed by atoms with E-state index in [1.54, 1.807) is 0 Å². The number of para-hydroxylation sites is 1. The molecular weight excluding hydrogens is 240 g/mol. The Hall–Kier alpha value is -1.55. The van der Waals surface area contributed by atoms with Crippen molar-refractivity contribution < 1.29 is 9.53 Å². The molecule has 1 aliphatic rings. The van der Waals surface area contributed by atoms with E-state index in [9.17, 15) is 4.79 Å². The summed E-state index contributed by atoms with van der Waals surface area (Å²) >= 11 is 0. The van der Waals surface area contributed by atoms with Crippen LogP contribution in [0.3, 0.4) is 0 Å². The number of ether oxygens (including phenoxy) is 1. The van der Waals surface area contributed by atoms with Crippen molar-refractivity contribution in [1.29, 1.82) is 0 Å². The van der Waals surface area contributed by atoms with Crippen molar-refractivity contribution in [2.75, 3.05) is 31.6 Å². The summed E-state index contributed by atoms with van der Waals surface area (Å²) in [5.74, 6) is 0. The first-order chi connectivity index (χ1) is 9.34. The first kappa shape index (κ1) is 13.9. The molecule has 0 spiro atoms. The molecule has 1 N–H and O–H groups in total. The Morgan fingerprint density at radius 2 is 1.79 bits per heavy atom. The van der Waals surface area contributed by atoms with Crippen molar-refractivity contribution in [3.8, 4) is 0 Å². The highest BCUT2D eigenvalue weighted by Gasteiger charge is 2.09. The number of nitrogens with one attached hydrogen (secondary N) is 1. The van der Waals surface area contributed by atoms with Crippen LogP contribution in [0.25, 0.3) is 0 Å². The molecule has 1 heterocycles. The van der Waals surface area contributed by atoms with Gasteiger partial charge in [0.1, 0.15) is 6.61 Å². The average Bonchev–Trinajstić information content (AvgIpc) is 2.68. The van der Waals surface area contributed by atoms with Gasteiger partial charge in [0.05, 0.1) is 0 Å². The number of hydrogen-bond acceptors (Lipinski definition) is 3. The SMILES string of the molecule is O=C(Nc1ccccc1)OCCN1CCCCCC1. The number of hydrogen-bond donors (Lipinski definition) is 1. The van der Waals surface area contributed by atoms with Crippen LogP contribution >= 0.6 is 0 Å². The Bertz CT molecular complexity index is 373. The lowest BCUT2D eigenvalue weighted by atomic mass is 10.2. The summed E-state index contributed by atoms with van der Waals surface area (Å²) in [6, 6.07) is 9.36. The van der Waals surface area contributed by atoms with Crippen molar-refractivity contribution in [2.45, 2.75) is 25.7 Å². The number of carbonyl (C=O) groups excluding carboxylic acids is 1. The van der Waals surface area contributed by atoms with Gasteiger partial charge in [-0.2, -0.15) is 0 Å². The van der Waals surface area contributed by atoms with Crippen molar-refractivity contribution in [2.24, 2.45) is 0 Å². The van der Waals surface area contributed by atoms with Gasteiger partial charge in [-0.15, -0.1) is 0 Å². The van der Waals surface area contributed by atoms with Gasteiger partial charge in [-0.05, 0) is 38.1 Å². The maximum Gasteiger partial charge on any atom is 0.411 e. The summed E-state index contributed by atoms with van der Waals surface area (Å²) in [7, 11) is 0. The van der Waals surface area contributed by atoms with Gasteiger partial charge in [0.15, 0.2) is 0 Å². The van der Waals surface area contributed by atoms with E-state index in [1.165, 1.54) is 25.7 Å². The molecule has 0 atom stereocenters. The second-order valence-corrected chi connectivity index (χ2v) is 4.88. The van der Waals surface area contributed by atoms with Gasteiger partial charge in [-0.1, -0.05) is 31.0 Å². The predicted octanol–water partition coefficient (Wildman–Crippen LogP) is 3.11. The van der Waals surface area contributed by atoms with Crippen LogP contribution in [0.15, 0.2) is 30.3 Å². The average molecular weight is 262 g/mol. The number of anilines is 1. The minimum absolute atomic E-state index is 0.374. The molecule has 0 radical (unpaired) electrons. The molecule has 0 saturated carbocycles. The van der Waals surface area contributed by atoms with Crippen molar-refractivity contribution in [1.82, 2.24) is 4.90 Å². The highest BCUT2D eigenvalue weighted by Crippen LogP contribution is 2.09. The topological polar surface area (TPSA) is 41.6 Å². The third-order valence-corrected chi connectivity index (χ3v) is 3.36. The molecule has 0 aliphatic carbocycles. The first-order valence-corrected chi connectivity index (χ1v) is 7.06. The number of rotatable bonds is 4. The fraction of sp³-hybridized carbons (Fsp3) is 0.533. The maximum atomic E-state index is 11.6. The van der Waals surface area contributed by atoms with E-state index < -0.39 is 0 Å². The summed E-state index contributed by atoms with van der Waals surface area (Å²) in [4.78, 5) is 13.9. The van der Waals surface area contributed by atoms with Crippen LogP contribution < -0.4 is 5.32 Å². The van der Waals surface area contributed by atoms with E-state index in [1.807, 2.05) is 30.3 Å². The molecule has 1 saturated heterocycles. The number of nitrogens with zero attached hydrogens (tertiary/aromatic N) is 1. The monoisotopic (exact) mass is 262 g/mol. The zero-order valence-corrected chi connectivity index (χ0v) is 11.3.